The van der Waals surface area contributed by atoms with Crippen LogP contribution in [0.5, 0.6) is 0 Å². The predicted octanol–water partition coefficient (Wildman–Crippen LogP) is 3.67. The van der Waals surface area contributed by atoms with E-state index in [1.165, 1.54) is 23.1 Å². The fourth-order valence-corrected chi connectivity index (χ4v) is 3.98. The third-order valence-corrected chi connectivity index (χ3v) is 5.67. The fraction of sp³-hybridized carbons (Fsp3) is 0.348. The highest BCUT2D eigenvalue weighted by Crippen LogP contribution is 2.31. The number of halogens is 3. The van der Waals surface area contributed by atoms with Crippen molar-refractivity contribution in [3.05, 3.63) is 65.9 Å². The zero-order chi connectivity index (χ0) is 21.8. The van der Waals surface area contributed by atoms with Gasteiger partial charge in [-0.1, -0.05) is 24.3 Å². The van der Waals surface area contributed by atoms with Crippen LogP contribution in [-0.2, 0) is 17.4 Å². The van der Waals surface area contributed by atoms with Crippen LogP contribution in [0.1, 0.15) is 11.1 Å². The highest BCUT2D eigenvalue weighted by molar-refractivity contribution is 5.83. The number of aromatic amines is 1. The second-order valence-corrected chi connectivity index (χ2v) is 7.77. The summed E-state index contributed by atoms with van der Waals surface area (Å²) in [5.41, 5.74) is 2.19. The Kier molecular flexibility index (Phi) is 6.18. The van der Waals surface area contributed by atoms with Crippen LogP contribution in [0.4, 0.5) is 18.9 Å². The molecule has 5 nitrogen and oxygen atoms in total. The van der Waals surface area contributed by atoms with Crippen LogP contribution in [0, 0.1) is 0 Å². The molecule has 1 aliphatic rings. The van der Waals surface area contributed by atoms with Crippen molar-refractivity contribution in [2.24, 2.45) is 0 Å². The van der Waals surface area contributed by atoms with Crippen molar-refractivity contribution < 1.29 is 18.0 Å². The number of anilines is 1. The van der Waals surface area contributed by atoms with Gasteiger partial charge in [-0.25, -0.2) is 0 Å². The lowest BCUT2D eigenvalue weighted by Crippen LogP contribution is -2.49. The van der Waals surface area contributed by atoms with Gasteiger partial charge in [0.2, 0.25) is 5.91 Å². The molecule has 1 fully saturated rings. The van der Waals surface area contributed by atoms with Gasteiger partial charge in [0.15, 0.2) is 0 Å². The molecule has 0 aliphatic carbocycles. The number of carbonyl (C=O) groups excluding carboxylic acids is 1. The number of hydrogen-bond donors (Lipinski definition) is 2. The first-order valence-electron chi connectivity index (χ1n) is 10.4. The monoisotopic (exact) mass is 430 g/mol. The molecular weight excluding hydrogens is 405 g/mol. The minimum absolute atomic E-state index is 0.0349. The molecule has 0 unspecified atom stereocenters. The first-order valence-corrected chi connectivity index (χ1v) is 10.4. The van der Waals surface area contributed by atoms with Crippen molar-refractivity contribution in [1.82, 2.24) is 15.2 Å². The molecule has 164 valence electrons. The van der Waals surface area contributed by atoms with Crippen LogP contribution in [0.25, 0.3) is 10.9 Å². The van der Waals surface area contributed by atoms with E-state index in [1.54, 1.807) is 6.07 Å². The zero-order valence-corrected chi connectivity index (χ0v) is 17.1. The normalized spacial score (nSPS) is 15.4. The Morgan fingerprint density at radius 3 is 2.58 bits per heavy atom. The number of aromatic nitrogens is 1. The summed E-state index contributed by atoms with van der Waals surface area (Å²) in [5.74, 6) is -0.0349. The van der Waals surface area contributed by atoms with Crippen molar-refractivity contribution in [3.63, 3.8) is 0 Å². The molecule has 1 aliphatic heterocycles. The summed E-state index contributed by atoms with van der Waals surface area (Å²) in [6, 6.07) is 13.5. The number of benzene rings is 2. The second-order valence-electron chi connectivity index (χ2n) is 7.77. The molecule has 2 heterocycles. The Bertz CT molecular complexity index is 1040. The molecule has 0 saturated carbocycles. The summed E-state index contributed by atoms with van der Waals surface area (Å²) in [5, 5.41) is 4.14. The lowest BCUT2D eigenvalue weighted by atomic mass is 10.1. The predicted molar refractivity (Wildman–Crippen MR) is 115 cm³/mol. The van der Waals surface area contributed by atoms with Crippen LogP contribution in [0.15, 0.2) is 54.7 Å². The van der Waals surface area contributed by atoms with E-state index in [0.717, 1.165) is 18.0 Å². The van der Waals surface area contributed by atoms with E-state index in [2.05, 4.69) is 16.4 Å². The first kappa shape index (κ1) is 21.2. The average molecular weight is 430 g/mol. The molecule has 1 aromatic heterocycles. The van der Waals surface area contributed by atoms with Gasteiger partial charge in [0.05, 0.1) is 12.1 Å². The number of amides is 1. The van der Waals surface area contributed by atoms with Crippen LogP contribution in [0.3, 0.4) is 0 Å². The van der Waals surface area contributed by atoms with Gasteiger partial charge in [-0.2, -0.15) is 13.2 Å². The van der Waals surface area contributed by atoms with E-state index in [-0.39, 0.29) is 5.91 Å². The summed E-state index contributed by atoms with van der Waals surface area (Å²) in [7, 11) is 0. The molecule has 1 amide bonds. The highest BCUT2D eigenvalue weighted by atomic mass is 19.4. The summed E-state index contributed by atoms with van der Waals surface area (Å²) >= 11 is 0. The number of nitrogens with one attached hydrogen (secondary N) is 2. The maximum atomic E-state index is 12.9. The van der Waals surface area contributed by atoms with E-state index in [9.17, 15) is 18.0 Å². The molecule has 2 aromatic carbocycles. The van der Waals surface area contributed by atoms with Gasteiger partial charge >= 0.3 is 6.18 Å². The number of piperazine rings is 1. The zero-order valence-electron chi connectivity index (χ0n) is 17.1. The number of alkyl halides is 3. The average Bonchev–Trinajstić information content (AvgIpc) is 3.17. The van der Waals surface area contributed by atoms with Crippen LogP contribution in [0.2, 0.25) is 0 Å². The molecule has 3 aromatic rings. The smallest absolute Gasteiger partial charge is 0.369 e. The van der Waals surface area contributed by atoms with Gasteiger partial charge in [-0.15, -0.1) is 0 Å². The van der Waals surface area contributed by atoms with E-state index < -0.39 is 11.7 Å². The van der Waals surface area contributed by atoms with Crippen LogP contribution < -0.4 is 10.2 Å². The molecule has 0 bridgehead atoms. The summed E-state index contributed by atoms with van der Waals surface area (Å²) in [6.07, 6.45) is -1.62. The lowest BCUT2D eigenvalue weighted by Gasteiger charge is -2.36. The number of H-pyrrole nitrogens is 1. The maximum absolute atomic E-state index is 12.9. The minimum atomic E-state index is -4.34. The van der Waals surface area contributed by atoms with Crippen molar-refractivity contribution in [2.45, 2.75) is 12.6 Å². The van der Waals surface area contributed by atoms with Crippen molar-refractivity contribution in [1.29, 1.82) is 0 Å². The number of fused-ring (bicyclic) bond motifs is 1. The number of hydrogen-bond acceptors (Lipinski definition) is 3. The second kappa shape index (κ2) is 9.01. The van der Waals surface area contributed by atoms with Crippen molar-refractivity contribution >= 4 is 22.5 Å². The van der Waals surface area contributed by atoms with E-state index >= 15 is 0 Å². The topological polar surface area (TPSA) is 51.4 Å². The quantitative estimate of drug-likeness (QED) is 0.628. The summed E-state index contributed by atoms with van der Waals surface area (Å²) in [6.45, 7) is 3.29. The molecule has 8 heteroatoms. The van der Waals surface area contributed by atoms with Gasteiger partial charge in [0.1, 0.15) is 0 Å². The van der Waals surface area contributed by atoms with E-state index in [0.29, 0.717) is 45.0 Å². The van der Waals surface area contributed by atoms with Gasteiger partial charge in [-0.3, -0.25) is 9.69 Å². The maximum Gasteiger partial charge on any atom is 0.416 e. The Morgan fingerprint density at radius 2 is 1.81 bits per heavy atom. The lowest BCUT2D eigenvalue weighted by molar-refractivity contribution is -0.137. The Labute approximate surface area is 178 Å². The molecule has 4 rings (SSSR count). The van der Waals surface area contributed by atoms with Crippen molar-refractivity contribution in [2.75, 3.05) is 44.2 Å². The Balaban J connectivity index is 1.22. The number of carbonyl (C=O) groups is 1. The Hall–Kier alpha value is -3.00. The van der Waals surface area contributed by atoms with Gasteiger partial charge in [0.25, 0.3) is 0 Å². The number of para-hydroxylation sites is 1. The summed E-state index contributed by atoms with van der Waals surface area (Å²) in [4.78, 5) is 19.5. The largest absolute Gasteiger partial charge is 0.416 e. The molecule has 0 atom stereocenters. The molecule has 31 heavy (non-hydrogen) atoms. The van der Waals surface area contributed by atoms with E-state index in [1.807, 2.05) is 34.2 Å². The fourth-order valence-electron chi connectivity index (χ4n) is 3.98. The van der Waals surface area contributed by atoms with Gasteiger partial charge in [0, 0.05) is 55.5 Å². The molecule has 0 spiro atoms. The Morgan fingerprint density at radius 1 is 1.03 bits per heavy atom. The number of rotatable bonds is 6. The molecule has 0 radical (unpaired) electrons. The van der Waals surface area contributed by atoms with Crippen LogP contribution in [-0.4, -0.2) is 55.1 Å². The molecule has 2 N–H and O–H groups in total. The standard InChI is InChI=1S/C23H25F3N4O/c24-23(25,26)18-4-3-5-19(14-18)30-12-10-29(11-13-30)16-22(31)27-9-8-17-15-28-21-7-2-1-6-20(17)21/h1-7,14-15,28H,8-13,16H2,(H,27,31). The highest BCUT2D eigenvalue weighted by Gasteiger charge is 2.31. The van der Waals surface area contributed by atoms with Crippen molar-refractivity contribution in [3.8, 4) is 0 Å². The number of nitrogens with zero attached hydrogens (tertiary/aromatic N) is 2. The third-order valence-electron chi connectivity index (χ3n) is 5.67. The molecular formula is C23H25F3N4O. The van der Waals surface area contributed by atoms with Crippen LogP contribution >= 0.6 is 0 Å². The minimum Gasteiger partial charge on any atom is -0.369 e. The third kappa shape index (κ3) is 5.19. The first-order chi connectivity index (χ1) is 14.9. The van der Waals surface area contributed by atoms with E-state index in [4.69, 9.17) is 0 Å². The summed E-state index contributed by atoms with van der Waals surface area (Å²) < 4.78 is 38.8. The van der Waals surface area contributed by atoms with Gasteiger partial charge < -0.3 is 15.2 Å². The SMILES string of the molecule is O=C(CN1CCN(c2cccc(C(F)(F)F)c2)CC1)NCCc1c[nH]c2ccccc12. The molecule has 1 saturated heterocycles. The van der Waals surface area contributed by atoms with Gasteiger partial charge in [-0.05, 0) is 36.2 Å².